The lowest BCUT2D eigenvalue weighted by Gasteiger charge is -2.08. The number of carbonyl (C=O) groups is 1. The maximum atomic E-state index is 13.9. The molecule has 0 saturated heterocycles. The molecule has 1 heterocycles. The van der Waals surface area contributed by atoms with Gasteiger partial charge in [0.25, 0.3) is 0 Å². The van der Waals surface area contributed by atoms with Crippen molar-refractivity contribution < 1.29 is 22.7 Å². The first-order valence-electron chi connectivity index (χ1n) is 5.24. The zero-order chi connectivity index (χ0) is 14.0. The molecule has 0 aliphatic carbocycles. The van der Waals surface area contributed by atoms with Crippen LogP contribution in [0, 0.1) is 11.6 Å². The standard InChI is InChI=1S/C12H9F3N2O2/c1-17-8(4-16-10(17)5-18)7-2-3-9(19-6-13)12(15)11(7)14/h2-5H,6H2,1H3. The first-order valence-corrected chi connectivity index (χ1v) is 5.24. The molecule has 100 valence electrons. The molecule has 1 aromatic heterocycles. The Kier molecular flexibility index (Phi) is 3.55. The zero-order valence-electron chi connectivity index (χ0n) is 9.86. The number of benzene rings is 1. The Labute approximate surface area is 106 Å². The van der Waals surface area contributed by atoms with Gasteiger partial charge in [0.1, 0.15) is 0 Å². The number of nitrogens with zero attached hydrogens (tertiary/aromatic N) is 2. The van der Waals surface area contributed by atoms with E-state index in [1.54, 1.807) is 0 Å². The van der Waals surface area contributed by atoms with Crippen LogP contribution >= 0.6 is 0 Å². The van der Waals surface area contributed by atoms with Crippen molar-refractivity contribution in [2.75, 3.05) is 6.86 Å². The second kappa shape index (κ2) is 5.13. The van der Waals surface area contributed by atoms with Crippen molar-refractivity contribution in [1.29, 1.82) is 0 Å². The van der Waals surface area contributed by atoms with Crippen molar-refractivity contribution in [3.63, 3.8) is 0 Å². The van der Waals surface area contributed by atoms with E-state index in [2.05, 4.69) is 9.72 Å². The Morgan fingerprint density at radius 3 is 2.68 bits per heavy atom. The molecule has 0 atom stereocenters. The number of hydrogen-bond acceptors (Lipinski definition) is 3. The van der Waals surface area contributed by atoms with Gasteiger partial charge in [0, 0.05) is 12.6 Å². The third kappa shape index (κ3) is 2.18. The van der Waals surface area contributed by atoms with Crippen LogP contribution in [0.2, 0.25) is 0 Å². The largest absolute Gasteiger partial charge is 0.460 e. The Morgan fingerprint density at radius 1 is 1.37 bits per heavy atom. The molecule has 0 amide bonds. The fraction of sp³-hybridized carbons (Fsp3) is 0.167. The SMILES string of the molecule is Cn1c(-c2ccc(OCF)c(F)c2F)cnc1C=O. The van der Waals surface area contributed by atoms with Crippen molar-refractivity contribution in [2.45, 2.75) is 0 Å². The number of ether oxygens (including phenoxy) is 1. The second-order valence-electron chi connectivity index (χ2n) is 3.67. The number of aldehydes is 1. The summed E-state index contributed by atoms with van der Waals surface area (Å²) in [6.07, 6.45) is 1.75. The number of hydrogen-bond donors (Lipinski definition) is 0. The van der Waals surface area contributed by atoms with E-state index >= 15 is 0 Å². The number of imidazole rings is 1. The van der Waals surface area contributed by atoms with Crippen LogP contribution in [-0.4, -0.2) is 22.7 Å². The Morgan fingerprint density at radius 2 is 2.11 bits per heavy atom. The van der Waals surface area contributed by atoms with Crippen molar-refractivity contribution in [2.24, 2.45) is 7.05 Å². The second-order valence-corrected chi connectivity index (χ2v) is 3.67. The molecule has 0 saturated carbocycles. The summed E-state index contributed by atoms with van der Waals surface area (Å²) >= 11 is 0. The van der Waals surface area contributed by atoms with Gasteiger partial charge in [0.2, 0.25) is 12.7 Å². The summed E-state index contributed by atoms with van der Waals surface area (Å²) in [6.45, 7) is -1.25. The lowest BCUT2D eigenvalue weighted by Crippen LogP contribution is -2.01. The molecule has 19 heavy (non-hydrogen) atoms. The van der Waals surface area contributed by atoms with Crippen molar-refractivity contribution in [3.8, 4) is 17.0 Å². The topological polar surface area (TPSA) is 44.1 Å². The molecule has 2 rings (SSSR count). The molecule has 0 fully saturated rings. The minimum Gasteiger partial charge on any atom is -0.460 e. The van der Waals surface area contributed by atoms with E-state index in [-0.39, 0.29) is 17.1 Å². The van der Waals surface area contributed by atoms with Gasteiger partial charge in [-0.2, -0.15) is 4.39 Å². The van der Waals surface area contributed by atoms with Crippen molar-refractivity contribution in [3.05, 3.63) is 35.8 Å². The van der Waals surface area contributed by atoms with Gasteiger partial charge < -0.3 is 9.30 Å². The van der Waals surface area contributed by atoms with E-state index in [4.69, 9.17) is 0 Å². The molecule has 4 nitrogen and oxygen atoms in total. The molecule has 0 radical (unpaired) electrons. The molecule has 0 bridgehead atoms. The minimum atomic E-state index is -1.29. The summed E-state index contributed by atoms with van der Waals surface area (Å²) in [5.74, 6) is -2.91. The van der Waals surface area contributed by atoms with Crippen molar-refractivity contribution >= 4 is 6.29 Å². The van der Waals surface area contributed by atoms with Gasteiger partial charge in [-0.1, -0.05) is 0 Å². The quantitative estimate of drug-likeness (QED) is 0.802. The zero-order valence-corrected chi connectivity index (χ0v) is 9.86. The summed E-state index contributed by atoms with van der Waals surface area (Å²) in [6, 6.07) is 2.34. The highest BCUT2D eigenvalue weighted by Gasteiger charge is 2.18. The molecule has 2 aromatic rings. The summed E-state index contributed by atoms with van der Waals surface area (Å²) in [4.78, 5) is 14.4. The summed E-state index contributed by atoms with van der Waals surface area (Å²) in [7, 11) is 1.50. The van der Waals surface area contributed by atoms with Gasteiger partial charge in [-0.05, 0) is 12.1 Å². The summed E-state index contributed by atoms with van der Waals surface area (Å²) in [5, 5.41) is 0. The fourth-order valence-electron chi connectivity index (χ4n) is 1.68. The summed E-state index contributed by atoms with van der Waals surface area (Å²) < 4.78 is 45.0. The smallest absolute Gasteiger partial charge is 0.228 e. The molecule has 0 aliphatic heterocycles. The van der Waals surface area contributed by atoms with E-state index in [1.165, 1.54) is 23.9 Å². The van der Waals surface area contributed by atoms with E-state index in [0.29, 0.717) is 6.29 Å². The van der Waals surface area contributed by atoms with Crippen molar-refractivity contribution in [1.82, 2.24) is 9.55 Å². The van der Waals surface area contributed by atoms with Crippen LogP contribution in [0.25, 0.3) is 11.3 Å². The molecule has 1 aromatic carbocycles. The van der Waals surface area contributed by atoms with Crippen LogP contribution < -0.4 is 4.74 Å². The molecule has 0 aliphatic rings. The van der Waals surface area contributed by atoms with Gasteiger partial charge >= 0.3 is 0 Å². The third-order valence-corrected chi connectivity index (χ3v) is 2.66. The van der Waals surface area contributed by atoms with Crippen LogP contribution in [0.1, 0.15) is 10.6 Å². The van der Waals surface area contributed by atoms with Crippen LogP contribution in [0.5, 0.6) is 5.75 Å². The van der Waals surface area contributed by atoms with Crippen LogP contribution in [-0.2, 0) is 7.05 Å². The highest BCUT2D eigenvalue weighted by atomic mass is 19.2. The van der Waals surface area contributed by atoms with E-state index in [9.17, 15) is 18.0 Å². The number of aromatic nitrogens is 2. The number of carbonyl (C=O) groups excluding carboxylic acids is 1. The predicted molar refractivity (Wildman–Crippen MR) is 60.6 cm³/mol. The Bertz CT molecular complexity index is 626. The van der Waals surface area contributed by atoms with Gasteiger partial charge in [0.15, 0.2) is 23.7 Å². The van der Waals surface area contributed by atoms with E-state index < -0.39 is 24.2 Å². The molecular weight excluding hydrogens is 261 g/mol. The van der Waals surface area contributed by atoms with Crippen LogP contribution in [0.3, 0.4) is 0 Å². The maximum absolute atomic E-state index is 13.9. The average molecular weight is 270 g/mol. The molecule has 0 unspecified atom stereocenters. The fourth-order valence-corrected chi connectivity index (χ4v) is 1.68. The lowest BCUT2D eigenvalue weighted by molar-refractivity contribution is 0.111. The molecule has 7 heteroatoms. The number of rotatable bonds is 4. The average Bonchev–Trinajstić information content (AvgIpc) is 2.77. The lowest BCUT2D eigenvalue weighted by atomic mass is 10.1. The van der Waals surface area contributed by atoms with E-state index in [0.717, 1.165) is 6.07 Å². The van der Waals surface area contributed by atoms with Gasteiger partial charge in [-0.3, -0.25) is 4.79 Å². The number of alkyl halides is 1. The van der Waals surface area contributed by atoms with Crippen LogP contribution in [0.4, 0.5) is 13.2 Å². The highest BCUT2D eigenvalue weighted by molar-refractivity contribution is 5.73. The predicted octanol–water partition coefficient (Wildman–Crippen LogP) is 2.48. The van der Waals surface area contributed by atoms with Gasteiger partial charge in [-0.15, -0.1) is 0 Å². The summed E-state index contributed by atoms with van der Waals surface area (Å²) in [5.41, 5.74) is 0.136. The van der Waals surface area contributed by atoms with Gasteiger partial charge in [-0.25, -0.2) is 13.8 Å². The molecule has 0 spiro atoms. The van der Waals surface area contributed by atoms with Crippen LogP contribution in [0.15, 0.2) is 18.3 Å². The maximum Gasteiger partial charge on any atom is 0.228 e. The first kappa shape index (κ1) is 13.1. The third-order valence-electron chi connectivity index (χ3n) is 2.66. The highest BCUT2D eigenvalue weighted by Crippen LogP contribution is 2.29. The first-order chi connectivity index (χ1) is 9.10. The molecular formula is C12H9F3N2O2. The minimum absolute atomic E-state index is 0.0823. The van der Waals surface area contributed by atoms with Gasteiger partial charge in [0.05, 0.1) is 11.9 Å². The Balaban J connectivity index is 2.54. The monoisotopic (exact) mass is 270 g/mol. The molecule has 0 N–H and O–H groups in total. The normalized spacial score (nSPS) is 10.5. The van der Waals surface area contributed by atoms with E-state index in [1.807, 2.05) is 0 Å². The number of halogens is 3. The Hall–Kier alpha value is -2.31.